The van der Waals surface area contributed by atoms with Gasteiger partial charge in [0.2, 0.25) is 5.95 Å². The third-order valence-corrected chi connectivity index (χ3v) is 3.62. The van der Waals surface area contributed by atoms with Crippen LogP contribution in [0.1, 0.15) is 11.1 Å². The van der Waals surface area contributed by atoms with Crippen LogP contribution < -0.4 is 16.2 Å². The summed E-state index contributed by atoms with van der Waals surface area (Å²) in [5.41, 5.74) is 11.4. The molecule has 2 heterocycles. The highest BCUT2D eigenvalue weighted by molar-refractivity contribution is 5.86. The fourth-order valence-electron chi connectivity index (χ4n) is 2.51. The van der Waals surface area contributed by atoms with E-state index in [1.165, 1.54) is 6.07 Å². The second-order valence-electron chi connectivity index (χ2n) is 5.37. The monoisotopic (exact) mass is 337 g/mol. The average molecular weight is 337 g/mol. The minimum Gasteiger partial charge on any atom is -0.451 e. The Morgan fingerprint density at radius 2 is 1.88 bits per heavy atom. The molecule has 0 spiro atoms. The number of nitrogens with two attached hydrogens (primary N) is 2. The van der Waals surface area contributed by atoms with Gasteiger partial charge < -0.3 is 20.8 Å². The normalized spacial score (nSPS) is 11.9. The van der Waals surface area contributed by atoms with Crippen molar-refractivity contribution in [2.75, 3.05) is 11.5 Å². The smallest absolute Gasteiger partial charge is 0.420 e. The van der Waals surface area contributed by atoms with Gasteiger partial charge in [-0.05, 0) is 24.6 Å². The van der Waals surface area contributed by atoms with Gasteiger partial charge in [0.05, 0.1) is 6.20 Å². The van der Waals surface area contributed by atoms with Crippen molar-refractivity contribution in [1.82, 2.24) is 14.5 Å². The minimum absolute atomic E-state index is 0.0924. The third kappa shape index (κ3) is 2.68. The Balaban J connectivity index is 2.19. The van der Waals surface area contributed by atoms with Crippen molar-refractivity contribution < 1.29 is 17.9 Å². The molecule has 0 bridgehead atoms. The van der Waals surface area contributed by atoms with Crippen molar-refractivity contribution in [2.45, 2.75) is 13.1 Å². The first kappa shape index (κ1) is 15.9. The highest BCUT2D eigenvalue weighted by atomic mass is 19.4. The highest BCUT2D eigenvalue weighted by Gasteiger charge is 2.35. The molecule has 6 nitrogen and oxygen atoms in total. The number of hydrogen-bond acceptors (Lipinski definition) is 5. The largest absolute Gasteiger partial charge is 0.451 e. The van der Waals surface area contributed by atoms with Crippen LogP contribution >= 0.6 is 0 Å². The predicted octanol–water partition coefficient (Wildman–Crippen LogP) is 3.25. The zero-order valence-corrected chi connectivity index (χ0v) is 12.8. The lowest BCUT2D eigenvalue weighted by molar-refractivity contribution is -0.138. The molecule has 0 atom stereocenters. The number of alkyl halides is 3. The maximum absolute atomic E-state index is 13.4. The number of hydrogen-bond donors (Lipinski definition) is 2. The maximum Gasteiger partial charge on any atom is 0.420 e. The van der Waals surface area contributed by atoms with Crippen LogP contribution in [-0.2, 0) is 13.2 Å². The molecule has 24 heavy (non-hydrogen) atoms. The number of aromatic nitrogens is 3. The van der Waals surface area contributed by atoms with E-state index < -0.39 is 11.7 Å². The number of ether oxygens (including phenoxy) is 1. The van der Waals surface area contributed by atoms with Crippen LogP contribution in [0.15, 0.2) is 24.5 Å². The topological polar surface area (TPSA) is 92.0 Å². The summed E-state index contributed by atoms with van der Waals surface area (Å²) in [4.78, 5) is 7.37. The lowest BCUT2D eigenvalue weighted by atomic mass is 10.1. The van der Waals surface area contributed by atoms with Gasteiger partial charge in [-0.15, -0.1) is 0 Å². The summed E-state index contributed by atoms with van der Waals surface area (Å²) in [6.07, 6.45) is -1.71. The molecule has 1 aromatic carbocycles. The number of fused-ring (bicyclic) bond motifs is 1. The summed E-state index contributed by atoms with van der Waals surface area (Å²) < 4.78 is 47.2. The molecule has 0 amide bonds. The van der Waals surface area contributed by atoms with Gasteiger partial charge in [-0.25, -0.2) is 4.98 Å². The van der Waals surface area contributed by atoms with Crippen molar-refractivity contribution in [3.63, 3.8) is 0 Å². The SMILES string of the molecule is Cc1cn(C)c2cc(C(F)(F)F)c(Oc3cnc(N)nc3N)cc12. The standard InChI is InChI=1S/C15H14F3N5O/c1-7-6-23(2)10-4-9(15(16,17)18)11(3-8(7)10)24-12-5-21-14(20)22-13(12)19/h3-6H,1-2H3,(H4,19,20,21,22). The van der Waals surface area contributed by atoms with Crippen molar-refractivity contribution >= 4 is 22.7 Å². The number of halogens is 3. The number of benzene rings is 1. The Kier molecular flexibility index (Phi) is 3.51. The fraction of sp³-hybridized carbons (Fsp3) is 0.200. The summed E-state index contributed by atoms with van der Waals surface area (Å²) in [6.45, 7) is 1.81. The van der Waals surface area contributed by atoms with E-state index in [-0.39, 0.29) is 23.3 Å². The van der Waals surface area contributed by atoms with Gasteiger partial charge in [-0.2, -0.15) is 18.2 Å². The van der Waals surface area contributed by atoms with Gasteiger partial charge in [0, 0.05) is 24.1 Å². The number of aryl methyl sites for hydroxylation is 2. The maximum atomic E-state index is 13.4. The zero-order valence-electron chi connectivity index (χ0n) is 12.8. The first-order valence-electron chi connectivity index (χ1n) is 6.89. The van der Waals surface area contributed by atoms with Gasteiger partial charge >= 0.3 is 6.18 Å². The Morgan fingerprint density at radius 1 is 1.17 bits per heavy atom. The molecule has 0 aliphatic rings. The van der Waals surface area contributed by atoms with Crippen LogP contribution in [0.5, 0.6) is 11.5 Å². The van der Waals surface area contributed by atoms with E-state index in [0.717, 1.165) is 17.8 Å². The van der Waals surface area contributed by atoms with Gasteiger partial charge in [0.15, 0.2) is 11.6 Å². The van der Waals surface area contributed by atoms with Crippen LogP contribution in [0, 0.1) is 6.92 Å². The Morgan fingerprint density at radius 3 is 2.50 bits per heavy atom. The summed E-state index contributed by atoms with van der Waals surface area (Å²) in [5, 5.41) is 0.649. The molecular formula is C15H14F3N5O. The first-order valence-corrected chi connectivity index (χ1v) is 6.89. The molecular weight excluding hydrogens is 323 g/mol. The molecule has 0 saturated heterocycles. The van der Waals surface area contributed by atoms with Crippen molar-refractivity contribution in [1.29, 1.82) is 0 Å². The first-order chi connectivity index (χ1) is 11.2. The molecule has 4 N–H and O–H groups in total. The molecule has 9 heteroatoms. The molecule has 0 aliphatic heterocycles. The summed E-state index contributed by atoms with van der Waals surface area (Å²) >= 11 is 0. The second kappa shape index (κ2) is 5.29. The predicted molar refractivity (Wildman–Crippen MR) is 83.6 cm³/mol. The molecule has 0 fully saturated rings. The average Bonchev–Trinajstić information content (AvgIpc) is 2.75. The van der Waals surface area contributed by atoms with Crippen LogP contribution in [0.2, 0.25) is 0 Å². The van der Waals surface area contributed by atoms with Gasteiger partial charge in [0.25, 0.3) is 0 Å². The van der Waals surface area contributed by atoms with E-state index >= 15 is 0 Å². The minimum atomic E-state index is -4.59. The van der Waals surface area contributed by atoms with E-state index in [4.69, 9.17) is 16.2 Å². The summed E-state index contributed by atoms with van der Waals surface area (Å²) in [5.74, 6) is -0.697. The van der Waals surface area contributed by atoms with Gasteiger partial charge in [-0.3, -0.25) is 0 Å². The fourth-order valence-corrected chi connectivity index (χ4v) is 2.51. The highest BCUT2D eigenvalue weighted by Crippen LogP contribution is 2.42. The van der Waals surface area contributed by atoms with Gasteiger partial charge in [-0.1, -0.05) is 0 Å². The second-order valence-corrected chi connectivity index (χ2v) is 5.37. The van der Waals surface area contributed by atoms with E-state index in [1.54, 1.807) is 24.7 Å². The summed E-state index contributed by atoms with van der Waals surface area (Å²) in [6, 6.07) is 2.38. The number of nitrogen functional groups attached to an aromatic ring is 2. The van der Waals surface area contributed by atoms with E-state index in [2.05, 4.69) is 9.97 Å². The van der Waals surface area contributed by atoms with E-state index in [0.29, 0.717) is 10.9 Å². The molecule has 0 unspecified atom stereocenters. The van der Waals surface area contributed by atoms with Crippen molar-refractivity contribution in [2.24, 2.45) is 7.05 Å². The Labute approximate surface area is 134 Å². The van der Waals surface area contributed by atoms with Crippen molar-refractivity contribution in [3.05, 3.63) is 35.7 Å². The molecule has 126 valence electrons. The molecule has 0 radical (unpaired) electrons. The van der Waals surface area contributed by atoms with Crippen LogP contribution in [0.4, 0.5) is 24.9 Å². The van der Waals surface area contributed by atoms with Crippen LogP contribution in [-0.4, -0.2) is 14.5 Å². The molecule has 0 saturated carbocycles. The zero-order chi connectivity index (χ0) is 17.6. The molecule has 3 rings (SSSR count). The van der Waals surface area contributed by atoms with Crippen LogP contribution in [0.3, 0.4) is 0 Å². The number of rotatable bonds is 2. The molecule has 2 aromatic heterocycles. The Bertz CT molecular complexity index is 933. The lowest BCUT2D eigenvalue weighted by Gasteiger charge is -2.15. The lowest BCUT2D eigenvalue weighted by Crippen LogP contribution is -2.09. The third-order valence-electron chi connectivity index (χ3n) is 3.62. The van der Waals surface area contributed by atoms with Crippen molar-refractivity contribution in [3.8, 4) is 11.5 Å². The summed E-state index contributed by atoms with van der Waals surface area (Å²) in [7, 11) is 1.68. The van der Waals surface area contributed by atoms with E-state index in [1.807, 2.05) is 0 Å². The Hall–Kier alpha value is -2.97. The molecule has 3 aromatic rings. The number of anilines is 2. The van der Waals surface area contributed by atoms with Crippen LogP contribution in [0.25, 0.3) is 10.9 Å². The quantitative estimate of drug-likeness (QED) is 0.749. The van der Waals surface area contributed by atoms with Gasteiger partial charge in [0.1, 0.15) is 11.3 Å². The van der Waals surface area contributed by atoms with E-state index in [9.17, 15) is 13.2 Å². The molecule has 0 aliphatic carbocycles. The number of nitrogens with zero attached hydrogens (tertiary/aromatic N) is 3.